The topological polar surface area (TPSA) is 75.0 Å². The number of nitrogens with zero attached hydrogens (tertiary/aromatic N) is 2. The van der Waals surface area contributed by atoms with E-state index in [9.17, 15) is 10.1 Å². The molecule has 0 saturated carbocycles. The monoisotopic (exact) mass is 361 g/mol. The van der Waals surface area contributed by atoms with Gasteiger partial charge in [0.1, 0.15) is 17.4 Å². The van der Waals surface area contributed by atoms with Gasteiger partial charge in [0, 0.05) is 5.38 Å². The molecule has 3 aromatic rings. The van der Waals surface area contributed by atoms with Crippen molar-refractivity contribution in [3.8, 4) is 17.6 Å². The van der Waals surface area contributed by atoms with E-state index in [2.05, 4.69) is 10.3 Å². The highest BCUT2D eigenvalue weighted by molar-refractivity contribution is 7.09. The van der Waals surface area contributed by atoms with Crippen LogP contribution in [0.4, 0.5) is 5.69 Å². The lowest BCUT2D eigenvalue weighted by atomic mass is 10.2. The van der Waals surface area contributed by atoms with E-state index in [1.807, 2.05) is 49.4 Å². The Hall–Kier alpha value is -3.43. The van der Waals surface area contributed by atoms with Crippen LogP contribution in [0.25, 0.3) is 6.08 Å². The first-order valence-corrected chi connectivity index (χ1v) is 8.71. The molecule has 1 N–H and O–H groups in total. The molecule has 5 nitrogen and oxygen atoms in total. The van der Waals surface area contributed by atoms with Crippen LogP contribution in [0.5, 0.6) is 11.5 Å². The van der Waals surface area contributed by atoms with E-state index in [0.29, 0.717) is 22.9 Å². The number of rotatable bonds is 5. The van der Waals surface area contributed by atoms with Crippen molar-refractivity contribution in [1.82, 2.24) is 4.98 Å². The van der Waals surface area contributed by atoms with Crippen molar-refractivity contribution in [2.24, 2.45) is 0 Å². The first-order chi connectivity index (χ1) is 12.7. The molecule has 128 valence electrons. The van der Waals surface area contributed by atoms with Gasteiger partial charge >= 0.3 is 0 Å². The maximum absolute atomic E-state index is 12.5. The van der Waals surface area contributed by atoms with Crippen molar-refractivity contribution in [3.63, 3.8) is 0 Å². The molecule has 2 aromatic carbocycles. The maximum atomic E-state index is 12.5. The van der Waals surface area contributed by atoms with E-state index in [1.54, 1.807) is 23.6 Å². The number of hydrogen-bond donors (Lipinski definition) is 1. The largest absolute Gasteiger partial charge is 0.455 e. The zero-order valence-corrected chi connectivity index (χ0v) is 14.8. The zero-order chi connectivity index (χ0) is 18.4. The standard InChI is InChI=1S/C20H15N3O2S/c1-14-22-16(13-26-14)11-15(12-21)20(24)23-18-9-5-6-10-19(18)25-17-7-3-2-4-8-17/h2-11,13H,1H3,(H,23,24)/b15-11+. The highest BCUT2D eigenvalue weighted by Crippen LogP contribution is 2.29. The molecule has 0 aliphatic heterocycles. The Morgan fingerprint density at radius 2 is 1.92 bits per heavy atom. The Labute approximate surface area is 155 Å². The van der Waals surface area contributed by atoms with Gasteiger partial charge in [-0.15, -0.1) is 11.3 Å². The summed E-state index contributed by atoms with van der Waals surface area (Å²) in [5.41, 5.74) is 1.05. The maximum Gasteiger partial charge on any atom is 0.266 e. The lowest BCUT2D eigenvalue weighted by Crippen LogP contribution is -2.14. The predicted molar refractivity (Wildman–Crippen MR) is 102 cm³/mol. The van der Waals surface area contributed by atoms with Crippen LogP contribution in [0, 0.1) is 18.3 Å². The van der Waals surface area contributed by atoms with Crippen LogP contribution in [0.3, 0.4) is 0 Å². The molecule has 0 aliphatic rings. The van der Waals surface area contributed by atoms with Crippen molar-refractivity contribution >= 4 is 29.0 Å². The van der Waals surface area contributed by atoms with E-state index < -0.39 is 5.91 Å². The van der Waals surface area contributed by atoms with E-state index in [-0.39, 0.29) is 5.57 Å². The molecule has 1 heterocycles. The number of carbonyl (C=O) groups is 1. The number of thiazole rings is 1. The summed E-state index contributed by atoms with van der Waals surface area (Å²) in [4.78, 5) is 16.7. The molecule has 0 aliphatic carbocycles. The van der Waals surface area contributed by atoms with Crippen LogP contribution in [-0.2, 0) is 4.79 Å². The quantitative estimate of drug-likeness (QED) is 0.524. The summed E-state index contributed by atoms with van der Waals surface area (Å²) >= 11 is 1.46. The van der Waals surface area contributed by atoms with Crippen LogP contribution in [0.2, 0.25) is 0 Å². The molecule has 0 saturated heterocycles. The smallest absolute Gasteiger partial charge is 0.266 e. The van der Waals surface area contributed by atoms with Gasteiger partial charge in [0.15, 0.2) is 5.75 Å². The lowest BCUT2D eigenvalue weighted by molar-refractivity contribution is -0.112. The molecule has 1 aromatic heterocycles. The SMILES string of the molecule is Cc1nc(/C=C(\C#N)C(=O)Nc2ccccc2Oc2ccccc2)cs1. The van der Waals surface area contributed by atoms with Crippen molar-refractivity contribution in [2.45, 2.75) is 6.92 Å². The first kappa shape index (κ1) is 17.4. The molecule has 1 amide bonds. The summed E-state index contributed by atoms with van der Waals surface area (Å²) in [7, 11) is 0. The highest BCUT2D eigenvalue weighted by Gasteiger charge is 2.13. The minimum Gasteiger partial charge on any atom is -0.455 e. The summed E-state index contributed by atoms with van der Waals surface area (Å²) < 4.78 is 5.82. The number of ether oxygens (including phenoxy) is 1. The summed E-state index contributed by atoms with van der Waals surface area (Å²) in [6.45, 7) is 1.87. The molecule has 0 atom stereocenters. The fourth-order valence-corrected chi connectivity index (χ4v) is 2.78. The number of para-hydroxylation sites is 3. The van der Waals surface area contributed by atoms with Gasteiger partial charge in [-0.2, -0.15) is 5.26 Å². The second-order valence-electron chi connectivity index (χ2n) is 5.33. The number of hydrogen-bond acceptors (Lipinski definition) is 5. The van der Waals surface area contributed by atoms with E-state index in [0.717, 1.165) is 5.01 Å². The number of anilines is 1. The van der Waals surface area contributed by atoms with Gasteiger partial charge in [0.2, 0.25) is 0 Å². The second-order valence-corrected chi connectivity index (χ2v) is 6.39. The molecule has 0 bridgehead atoms. The van der Waals surface area contributed by atoms with Crippen LogP contribution < -0.4 is 10.1 Å². The molecule has 3 rings (SSSR count). The Morgan fingerprint density at radius 1 is 1.19 bits per heavy atom. The van der Waals surface area contributed by atoms with Gasteiger partial charge in [-0.3, -0.25) is 4.79 Å². The number of amides is 1. The Morgan fingerprint density at radius 3 is 2.62 bits per heavy atom. The van der Waals surface area contributed by atoms with Crippen LogP contribution in [0.15, 0.2) is 65.6 Å². The summed E-state index contributed by atoms with van der Waals surface area (Å²) in [6.07, 6.45) is 1.47. The van der Waals surface area contributed by atoms with Crippen molar-refractivity contribution in [2.75, 3.05) is 5.32 Å². The summed E-state index contributed by atoms with van der Waals surface area (Å²) in [5, 5.41) is 14.7. The molecular formula is C20H15N3O2S. The van der Waals surface area contributed by atoms with E-state index in [4.69, 9.17) is 4.74 Å². The van der Waals surface area contributed by atoms with Crippen molar-refractivity contribution in [3.05, 3.63) is 76.3 Å². The number of aryl methyl sites for hydroxylation is 1. The Bertz CT molecular complexity index is 988. The van der Waals surface area contributed by atoms with Crippen molar-refractivity contribution < 1.29 is 9.53 Å². The van der Waals surface area contributed by atoms with Gasteiger partial charge in [0.25, 0.3) is 5.91 Å². The van der Waals surface area contributed by atoms with Gasteiger partial charge < -0.3 is 10.1 Å². The first-order valence-electron chi connectivity index (χ1n) is 7.83. The predicted octanol–water partition coefficient (Wildman–Crippen LogP) is 4.79. The van der Waals surface area contributed by atoms with E-state index >= 15 is 0 Å². The molecule has 0 unspecified atom stereocenters. The fourth-order valence-electron chi connectivity index (χ4n) is 2.21. The number of benzene rings is 2. The van der Waals surface area contributed by atoms with Crippen LogP contribution in [-0.4, -0.2) is 10.9 Å². The Balaban J connectivity index is 1.81. The average molecular weight is 361 g/mol. The second kappa shape index (κ2) is 8.10. The number of aromatic nitrogens is 1. The minimum absolute atomic E-state index is 0.0233. The number of nitriles is 1. The molecule has 0 fully saturated rings. The van der Waals surface area contributed by atoms with Gasteiger partial charge in [0.05, 0.1) is 16.4 Å². The normalized spacial score (nSPS) is 10.8. The molecule has 26 heavy (non-hydrogen) atoms. The molecule has 0 spiro atoms. The zero-order valence-electron chi connectivity index (χ0n) is 14.0. The highest BCUT2D eigenvalue weighted by atomic mass is 32.1. The van der Waals surface area contributed by atoms with Gasteiger partial charge in [-0.05, 0) is 37.3 Å². The third-order valence-corrected chi connectivity index (χ3v) is 4.19. The third kappa shape index (κ3) is 4.35. The van der Waals surface area contributed by atoms with Gasteiger partial charge in [-0.1, -0.05) is 30.3 Å². The minimum atomic E-state index is -0.512. The molecule has 6 heteroatoms. The van der Waals surface area contributed by atoms with Crippen LogP contribution in [0.1, 0.15) is 10.7 Å². The van der Waals surface area contributed by atoms with Crippen LogP contribution >= 0.6 is 11.3 Å². The third-order valence-electron chi connectivity index (χ3n) is 3.40. The molecular weight excluding hydrogens is 346 g/mol. The van der Waals surface area contributed by atoms with Gasteiger partial charge in [-0.25, -0.2) is 4.98 Å². The molecule has 0 radical (unpaired) electrons. The Kier molecular flexibility index (Phi) is 5.42. The van der Waals surface area contributed by atoms with Crippen molar-refractivity contribution in [1.29, 1.82) is 5.26 Å². The number of carbonyl (C=O) groups excluding carboxylic acids is 1. The lowest BCUT2D eigenvalue weighted by Gasteiger charge is -2.11. The average Bonchev–Trinajstić information content (AvgIpc) is 3.07. The van der Waals surface area contributed by atoms with E-state index in [1.165, 1.54) is 17.4 Å². The fraction of sp³-hybridized carbons (Fsp3) is 0.0500. The number of nitrogens with one attached hydrogen (secondary N) is 1. The summed E-state index contributed by atoms with van der Waals surface area (Å²) in [5.74, 6) is 0.638. The summed E-state index contributed by atoms with van der Waals surface area (Å²) in [6, 6.07) is 18.3.